The number of quaternary nitrogens is 1. The number of aliphatic carboxylic acids is 1. The van der Waals surface area contributed by atoms with Crippen molar-refractivity contribution in [2.24, 2.45) is 10.4 Å². The van der Waals surface area contributed by atoms with E-state index < -0.39 is 11.4 Å². The molecule has 0 fully saturated rings. The van der Waals surface area contributed by atoms with Crippen molar-refractivity contribution in [2.75, 3.05) is 20.8 Å². The number of carbonyl (C=O) groups is 2. The van der Waals surface area contributed by atoms with Gasteiger partial charge in [0.2, 0.25) is 10.8 Å². The summed E-state index contributed by atoms with van der Waals surface area (Å²) in [6, 6.07) is 7.63. The smallest absolute Gasteiger partial charge is 0.348 e. The number of carbonyl (C=O) groups excluding carboxylic acids is 1. The van der Waals surface area contributed by atoms with Crippen LogP contribution in [-0.2, 0) is 9.53 Å². The Bertz CT molecular complexity index is 1190. The van der Waals surface area contributed by atoms with Crippen LogP contribution < -0.4 is 9.22 Å². The number of carboxylic acids is 1. The van der Waals surface area contributed by atoms with Gasteiger partial charge in [0.15, 0.2) is 0 Å². The van der Waals surface area contributed by atoms with Crippen LogP contribution in [0.5, 0.6) is 5.75 Å². The second kappa shape index (κ2) is 8.61. The minimum Gasteiger partial charge on any atom is -0.492 e. The highest BCUT2D eigenvalue weighted by Gasteiger charge is 2.45. The molecule has 0 saturated heterocycles. The highest BCUT2D eigenvalue weighted by atomic mass is 32.1. The van der Waals surface area contributed by atoms with Crippen LogP contribution in [0, 0.1) is 12.3 Å². The molecular weight excluding hydrogens is 440 g/mol. The molecule has 0 bridgehead atoms. The SMILES string of the molecule is CCC1=Nc2c(sc(C(=O)OC)c2C)[N+]1(C)c1ccc(OCC2(C(=O)O)C=CC=CC2)cc1. The van der Waals surface area contributed by atoms with Gasteiger partial charge in [-0.05, 0) is 25.5 Å². The topological polar surface area (TPSA) is 85.2 Å². The molecule has 4 rings (SSSR count). The first kappa shape index (κ1) is 22.9. The number of aliphatic imine (C=N–C) groups is 1. The molecule has 1 N–H and O–H groups in total. The largest absolute Gasteiger partial charge is 0.492 e. The van der Waals surface area contributed by atoms with Gasteiger partial charge in [-0.3, -0.25) is 4.79 Å². The second-order valence-electron chi connectivity index (χ2n) is 8.32. The predicted molar refractivity (Wildman–Crippen MR) is 130 cm³/mol. The van der Waals surface area contributed by atoms with Crippen LogP contribution in [0.4, 0.5) is 16.4 Å². The number of allylic oxidation sites excluding steroid dienone is 3. The van der Waals surface area contributed by atoms with Gasteiger partial charge in [-0.2, -0.15) is 4.99 Å². The molecule has 1 aromatic carbocycles. The molecule has 1 aromatic heterocycles. The Morgan fingerprint density at radius 2 is 1.97 bits per heavy atom. The Kier molecular flexibility index (Phi) is 5.99. The van der Waals surface area contributed by atoms with Crippen molar-refractivity contribution in [1.29, 1.82) is 0 Å². The Morgan fingerprint density at radius 3 is 2.55 bits per heavy atom. The second-order valence-corrected chi connectivity index (χ2v) is 9.32. The highest BCUT2D eigenvalue weighted by molar-refractivity contribution is 7.19. The zero-order valence-corrected chi connectivity index (χ0v) is 19.9. The van der Waals surface area contributed by atoms with E-state index in [0.29, 0.717) is 21.5 Å². The minimum atomic E-state index is -1.06. The van der Waals surface area contributed by atoms with E-state index in [2.05, 4.69) is 14.0 Å². The Hall–Kier alpha value is -3.23. The van der Waals surface area contributed by atoms with Gasteiger partial charge in [0.1, 0.15) is 34.0 Å². The molecule has 0 spiro atoms. The summed E-state index contributed by atoms with van der Waals surface area (Å²) in [6.45, 7) is 4.02. The normalized spacial score (nSPS) is 23.2. The molecule has 7 nitrogen and oxygen atoms in total. The average molecular weight is 468 g/mol. The van der Waals surface area contributed by atoms with Gasteiger partial charge in [0.05, 0.1) is 14.2 Å². The quantitative estimate of drug-likeness (QED) is 0.427. The number of carboxylic acid groups (broad SMARTS) is 1. The third-order valence-corrected chi connectivity index (χ3v) is 7.80. The summed E-state index contributed by atoms with van der Waals surface area (Å²) in [4.78, 5) is 29.5. The number of amidine groups is 1. The van der Waals surface area contributed by atoms with Crippen molar-refractivity contribution in [2.45, 2.75) is 26.7 Å². The Morgan fingerprint density at radius 1 is 1.24 bits per heavy atom. The molecule has 2 atom stereocenters. The molecule has 2 heterocycles. The summed E-state index contributed by atoms with van der Waals surface area (Å²) in [5, 5.41) is 10.7. The maximum absolute atomic E-state index is 12.2. The molecular formula is C25H27N2O5S+. The number of rotatable bonds is 7. The standard InChI is InChI=1S/C25H26N2O5S/c1-5-19-26-20-16(2)21(23(28)31-4)33-22(20)27(19,3)17-9-11-18(12-10-17)32-15-25(24(29)30)13-7-6-8-14-25/h6-13H,5,14-15H2,1-4H3/p+1. The van der Waals surface area contributed by atoms with Gasteiger partial charge in [0.25, 0.3) is 0 Å². The lowest BCUT2D eigenvalue weighted by molar-refractivity contribution is -0.147. The number of esters is 1. The van der Waals surface area contributed by atoms with Crippen molar-refractivity contribution in [3.05, 3.63) is 59.0 Å². The molecule has 8 heteroatoms. The summed E-state index contributed by atoms with van der Waals surface area (Å²) in [5.41, 5.74) is 1.59. The van der Waals surface area contributed by atoms with Gasteiger partial charge < -0.3 is 14.6 Å². The van der Waals surface area contributed by atoms with Gasteiger partial charge >= 0.3 is 11.9 Å². The first-order chi connectivity index (χ1) is 15.8. The molecule has 172 valence electrons. The first-order valence-corrected chi connectivity index (χ1v) is 11.6. The zero-order chi connectivity index (χ0) is 23.8. The van der Waals surface area contributed by atoms with Crippen molar-refractivity contribution in [1.82, 2.24) is 4.48 Å². The number of hydrogen-bond donors (Lipinski definition) is 1. The molecule has 0 saturated carbocycles. The van der Waals surface area contributed by atoms with E-state index in [4.69, 9.17) is 14.5 Å². The summed E-state index contributed by atoms with van der Waals surface area (Å²) in [7, 11) is 3.45. The molecule has 1 aliphatic carbocycles. The van der Waals surface area contributed by atoms with E-state index in [1.165, 1.54) is 18.4 Å². The lowest BCUT2D eigenvalue weighted by Gasteiger charge is -2.29. The molecule has 2 aromatic rings. The van der Waals surface area contributed by atoms with Crippen LogP contribution >= 0.6 is 11.3 Å². The summed E-state index contributed by atoms with van der Waals surface area (Å²) < 4.78 is 11.2. The third kappa shape index (κ3) is 3.69. The average Bonchev–Trinajstić information content (AvgIpc) is 3.32. The van der Waals surface area contributed by atoms with E-state index in [1.807, 2.05) is 43.3 Å². The van der Waals surface area contributed by atoms with Gasteiger partial charge in [0, 0.05) is 24.1 Å². The lowest BCUT2D eigenvalue weighted by atomic mass is 9.82. The van der Waals surface area contributed by atoms with E-state index >= 15 is 0 Å². The monoisotopic (exact) mass is 467 g/mol. The number of fused-ring (bicyclic) bond motifs is 1. The van der Waals surface area contributed by atoms with Crippen LogP contribution in [0.15, 0.2) is 53.6 Å². The molecule has 0 radical (unpaired) electrons. The fourth-order valence-corrected chi connectivity index (χ4v) is 5.56. The zero-order valence-electron chi connectivity index (χ0n) is 19.1. The molecule has 2 aliphatic rings. The van der Waals surface area contributed by atoms with Gasteiger partial charge in [-0.25, -0.2) is 9.28 Å². The maximum atomic E-state index is 12.2. The van der Waals surface area contributed by atoms with E-state index in [0.717, 1.165) is 34.2 Å². The van der Waals surface area contributed by atoms with E-state index in [9.17, 15) is 14.7 Å². The minimum absolute atomic E-state index is 0.0487. The van der Waals surface area contributed by atoms with E-state index in [-0.39, 0.29) is 12.6 Å². The number of benzene rings is 1. The molecule has 33 heavy (non-hydrogen) atoms. The van der Waals surface area contributed by atoms with E-state index in [1.54, 1.807) is 12.2 Å². The number of thiophene rings is 1. The number of nitrogens with zero attached hydrogens (tertiary/aromatic N) is 2. The fraction of sp³-hybridized carbons (Fsp3) is 0.320. The van der Waals surface area contributed by atoms with Crippen LogP contribution in [0.1, 0.15) is 35.0 Å². The summed E-state index contributed by atoms with van der Waals surface area (Å²) >= 11 is 1.41. The van der Waals surface area contributed by atoms with Crippen molar-refractivity contribution in [3.8, 4) is 5.75 Å². The predicted octanol–water partition coefficient (Wildman–Crippen LogP) is 5.53. The van der Waals surface area contributed by atoms with Gasteiger partial charge in [-0.15, -0.1) is 0 Å². The Balaban J connectivity index is 1.62. The fourth-order valence-electron chi connectivity index (χ4n) is 4.26. The van der Waals surface area contributed by atoms with Crippen LogP contribution in [0.3, 0.4) is 0 Å². The molecule has 1 aliphatic heterocycles. The third-order valence-electron chi connectivity index (χ3n) is 6.37. The van der Waals surface area contributed by atoms with Crippen LogP contribution in [0.2, 0.25) is 0 Å². The van der Waals surface area contributed by atoms with Crippen molar-refractivity contribution >= 4 is 45.5 Å². The number of methoxy groups -OCH3 is 1. The summed E-state index contributed by atoms with van der Waals surface area (Å²) in [6.07, 6.45) is 8.26. The Labute approximate surface area is 196 Å². The molecule has 2 unspecified atom stereocenters. The highest BCUT2D eigenvalue weighted by Crippen LogP contribution is 2.53. The van der Waals surface area contributed by atoms with Crippen molar-refractivity contribution in [3.63, 3.8) is 0 Å². The van der Waals surface area contributed by atoms with Crippen molar-refractivity contribution < 1.29 is 24.2 Å². The molecule has 0 amide bonds. The van der Waals surface area contributed by atoms with Crippen LogP contribution in [-0.4, -0.2) is 43.6 Å². The lowest BCUT2D eigenvalue weighted by Crippen LogP contribution is -2.42. The number of hydrogen-bond acceptors (Lipinski definition) is 6. The van der Waals surface area contributed by atoms with Crippen LogP contribution in [0.25, 0.3) is 0 Å². The maximum Gasteiger partial charge on any atom is 0.348 e. The summed E-state index contributed by atoms with van der Waals surface area (Å²) in [5.74, 6) is 0.324. The number of ether oxygens (including phenoxy) is 2. The first-order valence-electron chi connectivity index (χ1n) is 10.7. The van der Waals surface area contributed by atoms with Gasteiger partial charge in [-0.1, -0.05) is 42.6 Å².